The van der Waals surface area contributed by atoms with Crippen LogP contribution in [0.5, 0.6) is 11.5 Å². The van der Waals surface area contributed by atoms with E-state index in [0.717, 1.165) is 5.69 Å². The highest BCUT2D eigenvalue weighted by Crippen LogP contribution is 2.32. The minimum absolute atomic E-state index is 0.308. The summed E-state index contributed by atoms with van der Waals surface area (Å²) in [4.78, 5) is 4.07. The Bertz CT molecular complexity index is 710. The first-order valence-electron chi connectivity index (χ1n) is 6.52. The largest absolute Gasteiger partial charge is 0.493 e. The molecule has 0 aliphatic carbocycles. The van der Waals surface area contributed by atoms with Gasteiger partial charge in [0.25, 0.3) is 0 Å². The Morgan fingerprint density at radius 1 is 1.45 bits per heavy atom. The fourth-order valence-electron chi connectivity index (χ4n) is 1.79. The first-order chi connectivity index (χ1) is 10.5. The average Bonchev–Trinajstić information content (AvgIpc) is 2.81. The molecular formula is C15H17ClN4O2. The molecule has 0 fully saturated rings. The highest BCUT2D eigenvalue weighted by Gasteiger charge is 2.09. The molecule has 7 heteroatoms. The van der Waals surface area contributed by atoms with Gasteiger partial charge in [-0.1, -0.05) is 24.3 Å². The van der Waals surface area contributed by atoms with Crippen molar-refractivity contribution in [3.05, 3.63) is 47.3 Å². The summed E-state index contributed by atoms with van der Waals surface area (Å²) in [5.41, 5.74) is 7.19. The van der Waals surface area contributed by atoms with Crippen LogP contribution in [0.2, 0.25) is 5.02 Å². The second-order valence-corrected chi connectivity index (χ2v) is 4.86. The van der Waals surface area contributed by atoms with Crippen molar-refractivity contribution >= 4 is 23.8 Å². The van der Waals surface area contributed by atoms with Gasteiger partial charge < -0.3 is 15.2 Å². The number of methoxy groups -OCH3 is 1. The van der Waals surface area contributed by atoms with Gasteiger partial charge in [0.2, 0.25) is 5.95 Å². The number of nitrogens with two attached hydrogens (primary N) is 1. The van der Waals surface area contributed by atoms with Crippen LogP contribution in [0.15, 0.2) is 36.1 Å². The van der Waals surface area contributed by atoms with Gasteiger partial charge in [0.1, 0.15) is 6.61 Å². The number of imidazole rings is 1. The minimum atomic E-state index is 0.308. The number of aromatic nitrogens is 2. The van der Waals surface area contributed by atoms with Gasteiger partial charge in [-0.25, -0.2) is 9.66 Å². The molecule has 0 atom stereocenters. The van der Waals surface area contributed by atoms with Crippen molar-refractivity contribution < 1.29 is 9.47 Å². The molecule has 1 aromatic carbocycles. The molecular weight excluding hydrogens is 304 g/mol. The minimum Gasteiger partial charge on any atom is -0.493 e. The van der Waals surface area contributed by atoms with E-state index in [1.54, 1.807) is 37.7 Å². The van der Waals surface area contributed by atoms with Crippen LogP contribution in [0.25, 0.3) is 0 Å². The lowest BCUT2D eigenvalue weighted by molar-refractivity contribution is 0.326. The van der Waals surface area contributed by atoms with E-state index < -0.39 is 0 Å². The van der Waals surface area contributed by atoms with E-state index in [2.05, 4.69) is 16.7 Å². The quantitative estimate of drug-likeness (QED) is 0.656. The normalized spacial score (nSPS) is 10.9. The van der Waals surface area contributed by atoms with Crippen molar-refractivity contribution in [2.75, 3.05) is 19.5 Å². The number of nitrogens with zero attached hydrogens (tertiary/aromatic N) is 3. The number of benzene rings is 1. The third-order valence-electron chi connectivity index (χ3n) is 2.80. The van der Waals surface area contributed by atoms with E-state index >= 15 is 0 Å². The summed E-state index contributed by atoms with van der Waals surface area (Å²) in [5.74, 6) is 1.41. The van der Waals surface area contributed by atoms with Gasteiger partial charge in [0, 0.05) is 11.6 Å². The Morgan fingerprint density at radius 2 is 2.23 bits per heavy atom. The van der Waals surface area contributed by atoms with Crippen molar-refractivity contribution in [2.24, 2.45) is 5.10 Å². The first kappa shape index (κ1) is 15.9. The molecule has 0 saturated heterocycles. The van der Waals surface area contributed by atoms with Gasteiger partial charge in [-0.3, -0.25) is 0 Å². The molecule has 0 aliphatic rings. The van der Waals surface area contributed by atoms with E-state index in [4.69, 9.17) is 26.8 Å². The number of halogens is 1. The lowest BCUT2D eigenvalue weighted by Crippen LogP contribution is -1.99. The highest BCUT2D eigenvalue weighted by molar-refractivity contribution is 6.33. The monoisotopic (exact) mass is 320 g/mol. The summed E-state index contributed by atoms with van der Waals surface area (Å²) < 4.78 is 12.3. The SMILES string of the molecule is C=CCOc1cc(Cl)c(C=Nn2cc(C)nc2N)cc1OC. The van der Waals surface area contributed by atoms with E-state index in [0.29, 0.717) is 34.6 Å². The van der Waals surface area contributed by atoms with Crippen LogP contribution in [0, 0.1) is 6.92 Å². The first-order valence-corrected chi connectivity index (χ1v) is 6.90. The van der Waals surface area contributed by atoms with Crippen LogP contribution in [0.1, 0.15) is 11.3 Å². The highest BCUT2D eigenvalue weighted by atomic mass is 35.5. The van der Waals surface area contributed by atoms with Crippen molar-refractivity contribution in [3.63, 3.8) is 0 Å². The second kappa shape index (κ2) is 7.00. The molecule has 6 nitrogen and oxygen atoms in total. The lowest BCUT2D eigenvalue weighted by Gasteiger charge is -2.11. The molecule has 22 heavy (non-hydrogen) atoms. The molecule has 1 heterocycles. The number of rotatable bonds is 6. The van der Waals surface area contributed by atoms with Crippen molar-refractivity contribution in [1.82, 2.24) is 9.66 Å². The van der Waals surface area contributed by atoms with Crippen molar-refractivity contribution in [2.45, 2.75) is 6.92 Å². The molecule has 2 rings (SSSR count). The molecule has 116 valence electrons. The number of nitrogen functional groups attached to an aromatic ring is 1. The number of anilines is 1. The predicted octanol–water partition coefficient (Wildman–Crippen LogP) is 2.88. The van der Waals surface area contributed by atoms with Crippen LogP contribution < -0.4 is 15.2 Å². The summed E-state index contributed by atoms with van der Waals surface area (Å²) in [5, 5.41) is 4.72. The molecule has 2 N–H and O–H groups in total. The van der Waals surface area contributed by atoms with Gasteiger partial charge in [-0.05, 0) is 13.0 Å². The number of aryl methyl sites for hydroxylation is 1. The summed E-state index contributed by atoms with van der Waals surface area (Å²) in [6, 6.07) is 3.41. The molecule has 1 aromatic heterocycles. The predicted molar refractivity (Wildman–Crippen MR) is 88.1 cm³/mol. The van der Waals surface area contributed by atoms with Crippen LogP contribution in [-0.4, -0.2) is 29.6 Å². The number of ether oxygens (including phenoxy) is 2. The number of hydrogen-bond donors (Lipinski definition) is 1. The lowest BCUT2D eigenvalue weighted by atomic mass is 10.2. The summed E-state index contributed by atoms with van der Waals surface area (Å²) >= 11 is 6.24. The summed E-state index contributed by atoms with van der Waals surface area (Å²) in [6.07, 6.45) is 4.95. The van der Waals surface area contributed by atoms with Gasteiger partial charge in [-0.15, -0.1) is 0 Å². The molecule has 0 radical (unpaired) electrons. The van der Waals surface area contributed by atoms with Gasteiger partial charge in [-0.2, -0.15) is 5.10 Å². The molecule has 0 bridgehead atoms. The van der Waals surface area contributed by atoms with E-state index in [1.165, 1.54) is 4.68 Å². The summed E-state index contributed by atoms with van der Waals surface area (Å²) in [6.45, 7) is 5.81. The van der Waals surface area contributed by atoms with E-state index in [1.807, 2.05) is 6.92 Å². The zero-order valence-electron chi connectivity index (χ0n) is 12.4. The molecule has 0 unspecified atom stereocenters. The standard InChI is InChI=1S/C15H17ClN4O2/c1-4-5-22-14-7-12(16)11(6-13(14)21-3)8-18-20-9-10(2)19-15(20)17/h4,6-9H,1,5H2,2-3H3,(H2,17,19). The maximum absolute atomic E-state index is 6.24. The van der Waals surface area contributed by atoms with E-state index in [9.17, 15) is 0 Å². The van der Waals surface area contributed by atoms with Crippen molar-refractivity contribution in [3.8, 4) is 11.5 Å². The maximum atomic E-state index is 6.24. The van der Waals surface area contributed by atoms with Crippen LogP contribution in [0.4, 0.5) is 5.95 Å². The Morgan fingerprint density at radius 3 is 2.82 bits per heavy atom. The Labute approximate surface area is 133 Å². The van der Waals surface area contributed by atoms with Gasteiger partial charge in [0.15, 0.2) is 11.5 Å². The summed E-state index contributed by atoms with van der Waals surface area (Å²) in [7, 11) is 1.56. The third-order valence-corrected chi connectivity index (χ3v) is 3.12. The average molecular weight is 321 g/mol. The smallest absolute Gasteiger partial charge is 0.221 e. The van der Waals surface area contributed by atoms with Crippen LogP contribution in [0.3, 0.4) is 0 Å². The maximum Gasteiger partial charge on any atom is 0.221 e. The topological polar surface area (TPSA) is 74.7 Å². The van der Waals surface area contributed by atoms with E-state index in [-0.39, 0.29) is 0 Å². The third kappa shape index (κ3) is 3.59. The molecule has 0 saturated carbocycles. The fourth-order valence-corrected chi connectivity index (χ4v) is 1.99. The zero-order valence-corrected chi connectivity index (χ0v) is 13.2. The van der Waals surface area contributed by atoms with Gasteiger partial charge >= 0.3 is 0 Å². The molecule has 2 aromatic rings. The Hall–Kier alpha value is -2.47. The molecule has 0 spiro atoms. The van der Waals surface area contributed by atoms with Gasteiger partial charge in [0.05, 0.1) is 30.2 Å². The molecule has 0 aliphatic heterocycles. The Kier molecular flexibility index (Phi) is 5.06. The number of hydrogen-bond acceptors (Lipinski definition) is 5. The zero-order chi connectivity index (χ0) is 16.1. The Balaban J connectivity index is 2.31. The molecule has 0 amide bonds. The fraction of sp³-hybridized carbons (Fsp3) is 0.200. The second-order valence-electron chi connectivity index (χ2n) is 4.45. The van der Waals surface area contributed by atoms with Crippen LogP contribution >= 0.6 is 11.6 Å². The van der Waals surface area contributed by atoms with Crippen molar-refractivity contribution in [1.29, 1.82) is 0 Å². The van der Waals surface area contributed by atoms with Crippen LogP contribution in [-0.2, 0) is 0 Å².